The van der Waals surface area contributed by atoms with E-state index in [1.807, 2.05) is 4.72 Å². The number of rotatable bonds is 6. The lowest BCUT2D eigenvalue weighted by Crippen LogP contribution is -2.18. The molecule has 0 aliphatic heterocycles. The van der Waals surface area contributed by atoms with Gasteiger partial charge in [0, 0.05) is 5.69 Å². The Kier molecular flexibility index (Phi) is 5.21. The Bertz CT molecular complexity index is 626. The van der Waals surface area contributed by atoms with Crippen LogP contribution in [0.2, 0.25) is 0 Å². The number of benzene rings is 1. The van der Waals surface area contributed by atoms with Crippen LogP contribution in [0.3, 0.4) is 0 Å². The number of alkyl halides is 3. The highest BCUT2D eigenvalue weighted by Crippen LogP contribution is 2.32. The third-order valence-electron chi connectivity index (χ3n) is 2.55. The lowest BCUT2D eigenvalue weighted by molar-refractivity contribution is -0.137. The lowest BCUT2D eigenvalue weighted by atomic mass is 10.1. The van der Waals surface area contributed by atoms with Crippen LogP contribution in [0.1, 0.15) is 35.7 Å². The number of halogens is 3. The highest BCUT2D eigenvalue weighted by atomic mass is 32.2. The fourth-order valence-electron chi connectivity index (χ4n) is 1.54. The number of carboxylic acid groups (broad SMARTS) is 1. The highest BCUT2D eigenvalue weighted by molar-refractivity contribution is 7.92. The standard InChI is InChI=1S/C12H14F3NO4S/c1-2-3-4-21(19,20)16-10-6-8(11(17)18)5-9(7-10)12(13,14)15/h5-7,16H,2-4H2,1H3,(H,17,18). The van der Waals surface area contributed by atoms with Gasteiger partial charge in [0.25, 0.3) is 0 Å². The van der Waals surface area contributed by atoms with Gasteiger partial charge in [-0.25, -0.2) is 13.2 Å². The Balaban J connectivity index is 3.18. The minimum Gasteiger partial charge on any atom is -0.478 e. The lowest BCUT2D eigenvalue weighted by Gasteiger charge is -2.12. The van der Waals surface area contributed by atoms with Crippen molar-refractivity contribution < 1.29 is 31.5 Å². The van der Waals surface area contributed by atoms with Gasteiger partial charge < -0.3 is 5.11 Å². The molecular weight excluding hydrogens is 311 g/mol. The molecular formula is C12H14F3NO4S. The fourth-order valence-corrected chi connectivity index (χ4v) is 2.79. The van der Waals surface area contributed by atoms with Gasteiger partial charge in [0.05, 0.1) is 16.9 Å². The maximum atomic E-state index is 12.7. The van der Waals surface area contributed by atoms with Crippen LogP contribution in [0.25, 0.3) is 0 Å². The van der Waals surface area contributed by atoms with Gasteiger partial charge in [0.2, 0.25) is 10.0 Å². The van der Waals surface area contributed by atoms with E-state index in [-0.39, 0.29) is 5.75 Å². The molecule has 0 aromatic heterocycles. The van der Waals surface area contributed by atoms with Gasteiger partial charge in [0.1, 0.15) is 0 Å². The van der Waals surface area contributed by atoms with E-state index in [4.69, 9.17) is 5.11 Å². The zero-order chi connectivity index (χ0) is 16.3. The van der Waals surface area contributed by atoms with Crippen LogP contribution in [-0.4, -0.2) is 25.2 Å². The van der Waals surface area contributed by atoms with Crippen molar-refractivity contribution in [2.45, 2.75) is 25.9 Å². The molecule has 0 aliphatic carbocycles. The smallest absolute Gasteiger partial charge is 0.416 e. The van der Waals surface area contributed by atoms with Crippen LogP contribution in [0.15, 0.2) is 18.2 Å². The summed E-state index contributed by atoms with van der Waals surface area (Å²) in [6, 6.07) is 1.86. The summed E-state index contributed by atoms with van der Waals surface area (Å²) in [7, 11) is -3.81. The van der Waals surface area contributed by atoms with Gasteiger partial charge in [-0.1, -0.05) is 13.3 Å². The largest absolute Gasteiger partial charge is 0.478 e. The molecule has 0 saturated carbocycles. The van der Waals surface area contributed by atoms with Crippen molar-refractivity contribution in [2.24, 2.45) is 0 Å². The van der Waals surface area contributed by atoms with E-state index in [1.54, 1.807) is 6.92 Å². The number of sulfonamides is 1. The molecule has 0 spiro atoms. The van der Waals surface area contributed by atoms with E-state index in [1.165, 1.54) is 0 Å². The normalized spacial score (nSPS) is 12.2. The second kappa shape index (κ2) is 6.33. The van der Waals surface area contributed by atoms with Crippen molar-refractivity contribution >= 4 is 21.7 Å². The van der Waals surface area contributed by atoms with Crippen molar-refractivity contribution in [1.82, 2.24) is 0 Å². The first-order valence-corrected chi connectivity index (χ1v) is 7.66. The van der Waals surface area contributed by atoms with Crippen LogP contribution in [-0.2, 0) is 16.2 Å². The first-order chi connectivity index (χ1) is 9.55. The number of aromatic carboxylic acids is 1. The number of carbonyl (C=O) groups is 1. The molecule has 21 heavy (non-hydrogen) atoms. The topological polar surface area (TPSA) is 83.5 Å². The summed E-state index contributed by atoms with van der Waals surface area (Å²) in [6.45, 7) is 1.77. The molecule has 0 amide bonds. The average molecular weight is 325 g/mol. The van der Waals surface area contributed by atoms with Gasteiger partial charge in [0.15, 0.2) is 0 Å². The number of hydrogen-bond donors (Lipinski definition) is 2. The monoisotopic (exact) mass is 325 g/mol. The van der Waals surface area contributed by atoms with Crippen LogP contribution in [0, 0.1) is 0 Å². The summed E-state index contributed by atoms with van der Waals surface area (Å²) in [5.41, 5.74) is -2.29. The van der Waals surface area contributed by atoms with Gasteiger partial charge >= 0.3 is 12.1 Å². The second-order valence-electron chi connectivity index (χ2n) is 4.38. The predicted octanol–water partition coefficient (Wildman–Crippen LogP) is 2.95. The third kappa shape index (κ3) is 5.25. The SMILES string of the molecule is CCCCS(=O)(=O)Nc1cc(C(=O)O)cc(C(F)(F)F)c1. The molecule has 5 nitrogen and oxygen atoms in total. The van der Waals surface area contributed by atoms with Gasteiger partial charge in [-0.3, -0.25) is 4.72 Å². The zero-order valence-electron chi connectivity index (χ0n) is 11.1. The predicted molar refractivity (Wildman–Crippen MR) is 70.7 cm³/mol. The molecule has 1 aromatic carbocycles. The molecule has 0 atom stereocenters. The van der Waals surface area contributed by atoms with Crippen molar-refractivity contribution in [3.8, 4) is 0 Å². The van der Waals surface area contributed by atoms with Gasteiger partial charge in [-0.2, -0.15) is 13.2 Å². The molecule has 0 aliphatic rings. The second-order valence-corrected chi connectivity index (χ2v) is 6.22. The number of carboxylic acids is 1. The Morgan fingerprint density at radius 3 is 2.38 bits per heavy atom. The molecule has 9 heteroatoms. The molecule has 0 unspecified atom stereocenters. The molecule has 2 N–H and O–H groups in total. The van der Waals surface area contributed by atoms with E-state index in [0.29, 0.717) is 25.0 Å². The van der Waals surface area contributed by atoms with E-state index in [9.17, 15) is 26.4 Å². The van der Waals surface area contributed by atoms with Crippen LogP contribution in [0.5, 0.6) is 0 Å². The zero-order valence-corrected chi connectivity index (χ0v) is 11.9. The number of anilines is 1. The minimum absolute atomic E-state index is 0.248. The van der Waals surface area contributed by atoms with E-state index >= 15 is 0 Å². The highest BCUT2D eigenvalue weighted by Gasteiger charge is 2.32. The first-order valence-electron chi connectivity index (χ1n) is 6.01. The molecule has 0 radical (unpaired) electrons. The van der Waals surface area contributed by atoms with Gasteiger partial charge in [-0.05, 0) is 24.6 Å². The van der Waals surface area contributed by atoms with Crippen LogP contribution in [0.4, 0.5) is 18.9 Å². The molecule has 0 saturated heterocycles. The van der Waals surface area contributed by atoms with Crippen molar-refractivity contribution in [3.05, 3.63) is 29.3 Å². The third-order valence-corrected chi connectivity index (χ3v) is 3.92. The molecule has 0 fully saturated rings. The van der Waals surface area contributed by atoms with Gasteiger partial charge in [-0.15, -0.1) is 0 Å². The maximum Gasteiger partial charge on any atom is 0.416 e. The molecule has 0 heterocycles. The minimum atomic E-state index is -4.77. The summed E-state index contributed by atoms with van der Waals surface area (Å²) < 4.78 is 63.3. The summed E-state index contributed by atoms with van der Waals surface area (Å²) in [5.74, 6) is -1.82. The van der Waals surface area contributed by atoms with Crippen molar-refractivity contribution in [1.29, 1.82) is 0 Å². The van der Waals surface area contributed by atoms with Crippen LogP contribution >= 0.6 is 0 Å². The number of hydrogen-bond acceptors (Lipinski definition) is 3. The average Bonchev–Trinajstić information content (AvgIpc) is 2.34. The molecule has 1 aromatic rings. The van der Waals surface area contributed by atoms with Crippen LogP contribution < -0.4 is 4.72 Å². The molecule has 1 rings (SSSR count). The number of unbranched alkanes of at least 4 members (excludes halogenated alkanes) is 1. The van der Waals surface area contributed by atoms with Crippen molar-refractivity contribution in [2.75, 3.05) is 10.5 Å². The Morgan fingerprint density at radius 1 is 1.29 bits per heavy atom. The molecule has 118 valence electrons. The Hall–Kier alpha value is -1.77. The summed E-state index contributed by atoms with van der Waals surface area (Å²) in [5, 5.41) is 8.79. The summed E-state index contributed by atoms with van der Waals surface area (Å²) in [6.07, 6.45) is -3.82. The molecule has 0 bridgehead atoms. The Labute approximate surface area is 119 Å². The van der Waals surface area contributed by atoms with E-state index in [2.05, 4.69) is 0 Å². The van der Waals surface area contributed by atoms with E-state index in [0.717, 1.165) is 6.07 Å². The number of nitrogens with one attached hydrogen (secondary N) is 1. The van der Waals surface area contributed by atoms with Crippen molar-refractivity contribution in [3.63, 3.8) is 0 Å². The first kappa shape index (κ1) is 17.3. The maximum absolute atomic E-state index is 12.7. The quantitative estimate of drug-likeness (QED) is 0.842. The Morgan fingerprint density at radius 2 is 1.90 bits per heavy atom. The fraction of sp³-hybridized carbons (Fsp3) is 0.417. The summed E-state index contributed by atoms with van der Waals surface area (Å²) in [4.78, 5) is 10.8. The summed E-state index contributed by atoms with van der Waals surface area (Å²) >= 11 is 0. The van der Waals surface area contributed by atoms with E-state index < -0.39 is 39.0 Å².